The minimum Gasteiger partial charge on any atom is -0.324 e. The van der Waals surface area contributed by atoms with Crippen molar-refractivity contribution in [3.63, 3.8) is 0 Å². The number of aromatic nitrogens is 3. The van der Waals surface area contributed by atoms with Crippen molar-refractivity contribution in [2.24, 2.45) is 0 Å². The molecule has 28 heavy (non-hydrogen) atoms. The number of anilines is 1. The molecule has 4 heterocycles. The van der Waals surface area contributed by atoms with Crippen LogP contribution < -0.4 is 10.6 Å². The largest absolute Gasteiger partial charge is 0.324 e. The van der Waals surface area contributed by atoms with E-state index in [4.69, 9.17) is 0 Å². The Bertz CT molecular complexity index is 1040. The number of rotatable bonds is 3. The van der Waals surface area contributed by atoms with Gasteiger partial charge in [-0.05, 0) is 55.6 Å². The van der Waals surface area contributed by atoms with Crippen LogP contribution in [0.2, 0.25) is 0 Å². The van der Waals surface area contributed by atoms with Crippen LogP contribution in [0.3, 0.4) is 0 Å². The van der Waals surface area contributed by atoms with E-state index in [-0.39, 0.29) is 11.7 Å². The molecule has 2 fully saturated rings. The fraction of sp³-hybridized carbons (Fsp3) is 0.350. The Morgan fingerprint density at radius 2 is 2.14 bits per heavy atom. The van der Waals surface area contributed by atoms with Crippen molar-refractivity contribution in [2.75, 3.05) is 25.0 Å². The summed E-state index contributed by atoms with van der Waals surface area (Å²) in [7, 11) is 0. The van der Waals surface area contributed by atoms with E-state index in [0.29, 0.717) is 17.4 Å². The molecular formula is C20H21FN6O. The smallest absolute Gasteiger partial charge is 0.321 e. The highest BCUT2D eigenvalue weighted by atomic mass is 19.1. The first-order valence-corrected chi connectivity index (χ1v) is 9.62. The van der Waals surface area contributed by atoms with Crippen LogP contribution in [0.4, 0.5) is 14.9 Å². The average molecular weight is 380 g/mol. The van der Waals surface area contributed by atoms with Gasteiger partial charge in [0.2, 0.25) is 0 Å². The van der Waals surface area contributed by atoms with Crippen LogP contribution in [0, 0.1) is 5.82 Å². The summed E-state index contributed by atoms with van der Waals surface area (Å²) in [4.78, 5) is 18.3. The van der Waals surface area contributed by atoms with Crippen LogP contribution in [-0.4, -0.2) is 45.3 Å². The third kappa shape index (κ3) is 3.09. The van der Waals surface area contributed by atoms with Crippen LogP contribution in [-0.2, 0) is 0 Å². The Morgan fingerprint density at radius 1 is 1.25 bits per heavy atom. The van der Waals surface area contributed by atoms with Gasteiger partial charge >= 0.3 is 6.03 Å². The van der Waals surface area contributed by atoms with Crippen molar-refractivity contribution in [3.05, 3.63) is 48.0 Å². The highest BCUT2D eigenvalue weighted by molar-refractivity contribution is 5.90. The lowest BCUT2D eigenvalue weighted by molar-refractivity contribution is 0.181. The van der Waals surface area contributed by atoms with Crippen molar-refractivity contribution >= 4 is 22.8 Å². The lowest BCUT2D eigenvalue weighted by Gasteiger charge is -2.30. The standard InChI is InChI=1S/C20H21FN6O/c21-16-5-4-15(24-20(28)26-7-2-8-26)10-18(16)27-12-14-9-13(11-23-19(14)25-27)17-3-1-6-22-17/h4-5,9-12,17,22H,1-3,6-8H2,(H,24,28). The summed E-state index contributed by atoms with van der Waals surface area (Å²) in [6, 6.07) is 6.71. The fourth-order valence-electron chi connectivity index (χ4n) is 3.70. The number of likely N-dealkylation sites (tertiary alicyclic amines) is 1. The summed E-state index contributed by atoms with van der Waals surface area (Å²) < 4.78 is 16.0. The monoisotopic (exact) mass is 380 g/mol. The van der Waals surface area contributed by atoms with Crippen molar-refractivity contribution in [3.8, 4) is 5.69 Å². The number of benzene rings is 1. The van der Waals surface area contributed by atoms with Gasteiger partial charge in [0, 0.05) is 42.6 Å². The van der Waals surface area contributed by atoms with Gasteiger partial charge in [0.05, 0.1) is 0 Å². The van der Waals surface area contributed by atoms with E-state index < -0.39 is 5.82 Å². The molecule has 0 aliphatic carbocycles. The molecule has 0 bridgehead atoms. The maximum Gasteiger partial charge on any atom is 0.321 e. The predicted molar refractivity (Wildman–Crippen MR) is 104 cm³/mol. The van der Waals surface area contributed by atoms with E-state index in [1.54, 1.807) is 23.2 Å². The van der Waals surface area contributed by atoms with Crippen molar-refractivity contribution in [2.45, 2.75) is 25.3 Å². The van der Waals surface area contributed by atoms with Gasteiger partial charge in [0.15, 0.2) is 5.65 Å². The van der Waals surface area contributed by atoms with Gasteiger partial charge in [-0.3, -0.25) is 0 Å². The first-order valence-electron chi connectivity index (χ1n) is 9.62. The molecule has 2 aliphatic heterocycles. The quantitative estimate of drug-likeness (QED) is 0.732. The van der Waals surface area contributed by atoms with Gasteiger partial charge in [-0.1, -0.05) is 0 Å². The van der Waals surface area contributed by atoms with Crippen LogP contribution >= 0.6 is 0 Å². The second-order valence-electron chi connectivity index (χ2n) is 7.34. The van der Waals surface area contributed by atoms with Crippen LogP contribution in [0.1, 0.15) is 30.9 Å². The molecule has 2 N–H and O–H groups in total. The molecule has 1 unspecified atom stereocenters. The molecule has 2 amide bonds. The minimum absolute atomic E-state index is 0.162. The Labute approximate surface area is 161 Å². The summed E-state index contributed by atoms with van der Waals surface area (Å²) in [5.41, 5.74) is 2.51. The second kappa shape index (κ2) is 6.87. The molecular weight excluding hydrogens is 359 g/mol. The van der Waals surface area contributed by atoms with Gasteiger partial charge in [0.25, 0.3) is 0 Å². The molecule has 0 spiro atoms. The number of fused-ring (bicyclic) bond motifs is 1. The van der Waals surface area contributed by atoms with E-state index in [2.05, 4.69) is 26.8 Å². The summed E-state index contributed by atoms with van der Waals surface area (Å²) >= 11 is 0. The normalized spacial score (nSPS) is 19.0. The maximum atomic E-state index is 14.5. The summed E-state index contributed by atoms with van der Waals surface area (Å²) in [5, 5.41) is 11.6. The molecule has 3 aromatic rings. The number of carbonyl (C=O) groups is 1. The predicted octanol–water partition coefficient (Wildman–Crippen LogP) is 3.22. The number of urea groups is 1. The lowest BCUT2D eigenvalue weighted by Crippen LogP contribution is -2.44. The zero-order valence-electron chi connectivity index (χ0n) is 15.4. The first kappa shape index (κ1) is 17.1. The third-order valence-electron chi connectivity index (χ3n) is 5.43. The molecule has 0 saturated carbocycles. The first-order chi connectivity index (χ1) is 13.7. The fourth-order valence-corrected chi connectivity index (χ4v) is 3.70. The molecule has 2 aromatic heterocycles. The van der Waals surface area contributed by atoms with E-state index in [1.807, 2.05) is 6.20 Å². The van der Waals surface area contributed by atoms with Gasteiger partial charge in [-0.25, -0.2) is 18.9 Å². The molecule has 8 heteroatoms. The Hall–Kier alpha value is -3.00. The van der Waals surface area contributed by atoms with Gasteiger partial charge in [0.1, 0.15) is 11.5 Å². The second-order valence-corrected chi connectivity index (χ2v) is 7.34. The molecule has 144 valence electrons. The number of hydrogen-bond donors (Lipinski definition) is 2. The Balaban J connectivity index is 1.45. The van der Waals surface area contributed by atoms with Gasteiger partial charge in [-0.2, -0.15) is 0 Å². The number of nitrogens with zero attached hydrogens (tertiary/aromatic N) is 4. The van der Waals surface area contributed by atoms with E-state index in [9.17, 15) is 9.18 Å². The minimum atomic E-state index is -0.410. The SMILES string of the molecule is O=C(Nc1ccc(F)c(-n2cc3cc(C4CCCN4)cnc3n2)c1)N1CCC1. The van der Waals surface area contributed by atoms with Crippen molar-refractivity contribution in [1.82, 2.24) is 25.0 Å². The van der Waals surface area contributed by atoms with E-state index in [0.717, 1.165) is 49.8 Å². The molecule has 1 aromatic carbocycles. The molecule has 1 atom stereocenters. The van der Waals surface area contributed by atoms with Crippen LogP contribution in [0.15, 0.2) is 36.7 Å². The van der Waals surface area contributed by atoms with Gasteiger partial charge < -0.3 is 15.5 Å². The Kier molecular flexibility index (Phi) is 4.20. The Morgan fingerprint density at radius 3 is 2.89 bits per heavy atom. The number of pyridine rings is 1. The zero-order valence-corrected chi connectivity index (χ0v) is 15.4. The lowest BCUT2D eigenvalue weighted by atomic mass is 10.1. The highest BCUT2D eigenvalue weighted by Crippen LogP contribution is 2.26. The zero-order chi connectivity index (χ0) is 19.1. The summed E-state index contributed by atoms with van der Waals surface area (Å²) in [6.07, 6.45) is 6.88. The molecule has 0 radical (unpaired) electrons. The van der Waals surface area contributed by atoms with Crippen molar-refractivity contribution < 1.29 is 9.18 Å². The molecule has 5 rings (SSSR count). The van der Waals surface area contributed by atoms with Gasteiger partial charge in [-0.15, -0.1) is 5.10 Å². The number of carbonyl (C=O) groups excluding carboxylic acids is 1. The van der Waals surface area contributed by atoms with Crippen molar-refractivity contribution in [1.29, 1.82) is 0 Å². The molecule has 7 nitrogen and oxygen atoms in total. The molecule has 2 saturated heterocycles. The number of halogens is 1. The van der Waals surface area contributed by atoms with E-state index >= 15 is 0 Å². The third-order valence-corrected chi connectivity index (χ3v) is 5.43. The van der Waals surface area contributed by atoms with E-state index in [1.165, 1.54) is 10.7 Å². The maximum absolute atomic E-state index is 14.5. The highest BCUT2D eigenvalue weighted by Gasteiger charge is 2.21. The number of hydrogen-bond acceptors (Lipinski definition) is 4. The summed E-state index contributed by atoms with van der Waals surface area (Å²) in [5.74, 6) is -0.410. The summed E-state index contributed by atoms with van der Waals surface area (Å²) in [6.45, 7) is 2.53. The number of amides is 2. The topological polar surface area (TPSA) is 75.1 Å². The molecule has 2 aliphatic rings. The van der Waals surface area contributed by atoms with Crippen LogP contribution in [0.5, 0.6) is 0 Å². The number of nitrogens with one attached hydrogen (secondary N) is 2. The average Bonchev–Trinajstić information content (AvgIpc) is 3.30. The van der Waals surface area contributed by atoms with Crippen LogP contribution in [0.25, 0.3) is 16.7 Å².